The molecule has 34 heavy (non-hydrogen) atoms. The Labute approximate surface area is 201 Å². The summed E-state index contributed by atoms with van der Waals surface area (Å²) in [4.78, 5) is 40.1. The van der Waals surface area contributed by atoms with E-state index in [4.69, 9.17) is 14.2 Å². The normalized spacial score (nSPS) is 19.0. The Kier molecular flexibility index (Phi) is 7.64. The van der Waals surface area contributed by atoms with Crippen molar-refractivity contribution in [3.05, 3.63) is 65.7 Å². The van der Waals surface area contributed by atoms with Crippen molar-refractivity contribution in [2.45, 2.75) is 64.2 Å². The number of carbonyl (C=O) groups excluding carboxylic acids is 3. The Bertz CT molecular complexity index is 1010. The average Bonchev–Trinajstić information content (AvgIpc) is 3.13. The first kappa shape index (κ1) is 25.3. The molecule has 182 valence electrons. The maximum Gasteiger partial charge on any atom is 0.328 e. The summed E-state index contributed by atoms with van der Waals surface area (Å²) in [6.07, 6.45) is 0.272. The predicted molar refractivity (Wildman–Crippen MR) is 127 cm³/mol. The Balaban J connectivity index is 1.86. The molecule has 0 radical (unpaired) electrons. The number of hydrogen-bond acceptors (Lipinski definition) is 6. The highest BCUT2D eigenvalue weighted by Gasteiger charge is 2.52. The van der Waals surface area contributed by atoms with E-state index in [1.165, 1.54) is 12.0 Å². The third kappa shape index (κ3) is 5.76. The highest BCUT2D eigenvalue weighted by Crippen LogP contribution is 2.41. The SMILES string of the molecule is COC(=O)[C@@H](C)N1CCC(CC(=O)OC(C)(C)C)(c2ccc(OCc3ccccc3)cc2)C1=O. The highest BCUT2D eigenvalue weighted by molar-refractivity contribution is 5.96. The van der Waals surface area contributed by atoms with Crippen molar-refractivity contribution in [1.82, 2.24) is 4.90 Å². The molecule has 2 atom stereocenters. The van der Waals surface area contributed by atoms with Crippen LogP contribution in [0.15, 0.2) is 54.6 Å². The molecular weight excluding hydrogens is 434 g/mol. The van der Waals surface area contributed by atoms with E-state index in [-0.39, 0.29) is 12.3 Å². The summed E-state index contributed by atoms with van der Waals surface area (Å²) < 4.78 is 16.2. The minimum Gasteiger partial charge on any atom is -0.489 e. The molecule has 1 unspecified atom stereocenters. The zero-order chi connectivity index (χ0) is 24.9. The van der Waals surface area contributed by atoms with Gasteiger partial charge in [-0.1, -0.05) is 42.5 Å². The first-order valence-electron chi connectivity index (χ1n) is 11.4. The number of benzene rings is 2. The van der Waals surface area contributed by atoms with Crippen LogP contribution in [0.2, 0.25) is 0 Å². The monoisotopic (exact) mass is 467 g/mol. The largest absolute Gasteiger partial charge is 0.489 e. The van der Waals surface area contributed by atoms with E-state index < -0.39 is 29.0 Å². The van der Waals surface area contributed by atoms with Gasteiger partial charge in [-0.15, -0.1) is 0 Å². The molecule has 0 saturated carbocycles. The second kappa shape index (κ2) is 10.3. The van der Waals surface area contributed by atoms with Crippen LogP contribution < -0.4 is 4.74 Å². The quantitative estimate of drug-likeness (QED) is 0.545. The lowest BCUT2D eigenvalue weighted by molar-refractivity contribution is -0.159. The van der Waals surface area contributed by atoms with Crippen LogP contribution in [0.25, 0.3) is 0 Å². The summed E-state index contributed by atoms with van der Waals surface area (Å²) in [5.41, 5.74) is -0.0576. The predicted octanol–water partition coefficient (Wildman–Crippen LogP) is 4.03. The van der Waals surface area contributed by atoms with Crippen LogP contribution in [0.3, 0.4) is 0 Å². The number of ether oxygens (including phenoxy) is 3. The lowest BCUT2D eigenvalue weighted by atomic mass is 9.76. The number of rotatable bonds is 8. The van der Waals surface area contributed by atoms with Gasteiger partial charge < -0.3 is 19.1 Å². The lowest BCUT2D eigenvalue weighted by Crippen LogP contribution is -2.46. The summed E-state index contributed by atoms with van der Waals surface area (Å²) in [6.45, 7) is 7.76. The van der Waals surface area contributed by atoms with Gasteiger partial charge in [0.05, 0.1) is 18.9 Å². The molecule has 0 spiro atoms. The van der Waals surface area contributed by atoms with Crippen LogP contribution in [-0.2, 0) is 35.9 Å². The van der Waals surface area contributed by atoms with E-state index in [0.717, 1.165) is 5.56 Å². The molecule has 1 aliphatic rings. The molecule has 1 amide bonds. The van der Waals surface area contributed by atoms with Gasteiger partial charge in [0.15, 0.2) is 0 Å². The summed E-state index contributed by atoms with van der Waals surface area (Å²) in [5.74, 6) is -0.580. The molecule has 1 saturated heterocycles. The Morgan fingerprint density at radius 1 is 1.06 bits per heavy atom. The van der Waals surface area contributed by atoms with E-state index in [9.17, 15) is 14.4 Å². The van der Waals surface area contributed by atoms with Gasteiger partial charge in [0.1, 0.15) is 24.0 Å². The van der Waals surface area contributed by atoms with E-state index in [0.29, 0.717) is 30.9 Å². The van der Waals surface area contributed by atoms with Gasteiger partial charge in [-0.05, 0) is 57.4 Å². The number of esters is 2. The Morgan fingerprint density at radius 3 is 2.29 bits per heavy atom. The highest BCUT2D eigenvalue weighted by atomic mass is 16.6. The molecule has 0 aliphatic carbocycles. The third-order valence-corrected chi connectivity index (χ3v) is 5.98. The van der Waals surface area contributed by atoms with E-state index in [1.54, 1.807) is 39.8 Å². The van der Waals surface area contributed by atoms with E-state index >= 15 is 0 Å². The molecule has 7 nitrogen and oxygen atoms in total. The van der Waals surface area contributed by atoms with Crippen molar-refractivity contribution in [2.75, 3.05) is 13.7 Å². The summed E-state index contributed by atoms with van der Waals surface area (Å²) >= 11 is 0. The van der Waals surface area contributed by atoms with Gasteiger partial charge in [0, 0.05) is 6.54 Å². The van der Waals surface area contributed by atoms with E-state index in [2.05, 4.69) is 0 Å². The number of likely N-dealkylation sites (tertiary alicyclic amines) is 1. The zero-order valence-corrected chi connectivity index (χ0v) is 20.5. The van der Waals surface area contributed by atoms with Gasteiger partial charge in [-0.25, -0.2) is 4.79 Å². The molecule has 0 N–H and O–H groups in total. The Morgan fingerprint density at radius 2 is 1.71 bits per heavy atom. The second-order valence-corrected chi connectivity index (χ2v) is 9.59. The first-order chi connectivity index (χ1) is 16.1. The van der Waals surface area contributed by atoms with Crippen molar-refractivity contribution < 1.29 is 28.6 Å². The van der Waals surface area contributed by atoms with Crippen LogP contribution in [0.4, 0.5) is 0 Å². The fourth-order valence-electron chi connectivity index (χ4n) is 4.23. The minimum atomic E-state index is -1.12. The number of methoxy groups -OCH3 is 1. The van der Waals surface area contributed by atoms with E-state index in [1.807, 2.05) is 42.5 Å². The molecule has 1 heterocycles. The zero-order valence-electron chi connectivity index (χ0n) is 20.5. The minimum absolute atomic E-state index is 0.113. The molecule has 3 rings (SSSR count). The van der Waals surface area contributed by atoms with Crippen molar-refractivity contribution in [3.8, 4) is 5.75 Å². The summed E-state index contributed by atoms with van der Waals surface area (Å²) in [7, 11) is 1.29. The maximum absolute atomic E-state index is 13.7. The maximum atomic E-state index is 13.7. The van der Waals surface area contributed by atoms with Crippen molar-refractivity contribution in [3.63, 3.8) is 0 Å². The number of nitrogens with zero attached hydrogens (tertiary/aromatic N) is 1. The van der Waals surface area contributed by atoms with Gasteiger partial charge in [0.25, 0.3) is 0 Å². The van der Waals surface area contributed by atoms with Crippen LogP contribution in [0, 0.1) is 0 Å². The Hall–Kier alpha value is -3.35. The van der Waals surface area contributed by atoms with Gasteiger partial charge >= 0.3 is 11.9 Å². The third-order valence-electron chi connectivity index (χ3n) is 5.98. The summed E-state index contributed by atoms with van der Waals surface area (Å²) in [6, 6.07) is 16.3. The van der Waals surface area contributed by atoms with Crippen molar-refractivity contribution in [1.29, 1.82) is 0 Å². The van der Waals surface area contributed by atoms with Crippen LogP contribution in [-0.4, -0.2) is 48.0 Å². The number of amides is 1. The number of carbonyl (C=O) groups is 3. The molecule has 2 aromatic rings. The number of hydrogen-bond donors (Lipinski definition) is 0. The van der Waals surface area contributed by atoms with Gasteiger partial charge in [-0.3, -0.25) is 9.59 Å². The standard InChI is InChI=1S/C27H33NO6/c1-19(24(30)32-5)28-16-15-27(25(28)31,17-23(29)34-26(2,3)4)21-11-13-22(14-12-21)33-18-20-9-7-6-8-10-20/h6-14,19H,15-18H2,1-5H3/t19-,27?/m1/s1. The van der Waals surface area contributed by atoms with Crippen molar-refractivity contribution >= 4 is 17.8 Å². The van der Waals surface area contributed by atoms with Crippen molar-refractivity contribution in [2.24, 2.45) is 0 Å². The molecule has 7 heteroatoms. The fraction of sp³-hybridized carbons (Fsp3) is 0.444. The fourth-order valence-corrected chi connectivity index (χ4v) is 4.23. The summed E-state index contributed by atoms with van der Waals surface area (Å²) in [5, 5.41) is 0. The molecule has 1 aliphatic heterocycles. The molecule has 1 fully saturated rings. The molecule has 0 aromatic heterocycles. The van der Waals surface area contributed by atoms with Crippen LogP contribution >= 0.6 is 0 Å². The van der Waals surface area contributed by atoms with Crippen LogP contribution in [0.5, 0.6) is 5.75 Å². The smallest absolute Gasteiger partial charge is 0.328 e. The van der Waals surface area contributed by atoms with Gasteiger partial charge in [0.2, 0.25) is 5.91 Å². The second-order valence-electron chi connectivity index (χ2n) is 9.59. The molecule has 0 bridgehead atoms. The first-order valence-corrected chi connectivity index (χ1v) is 11.4. The topological polar surface area (TPSA) is 82.1 Å². The van der Waals surface area contributed by atoms with Gasteiger partial charge in [-0.2, -0.15) is 0 Å². The molecular formula is C27H33NO6. The molecule has 2 aromatic carbocycles. The lowest BCUT2D eigenvalue weighted by Gasteiger charge is -2.30. The van der Waals surface area contributed by atoms with Crippen LogP contribution in [0.1, 0.15) is 51.7 Å². The average molecular weight is 468 g/mol.